The number of aromatic carboxylic acids is 1. The van der Waals surface area contributed by atoms with E-state index in [-0.39, 0.29) is 23.8 Å². The van der Waals surface area contributed by atoms with Crippen molar-refractivity contribution >= 4 is 39.1 Å². The number of ether oxygens (including phenoxy) is 1. The van der Waals surface area contributed by atoms with Crippen molar-refractivity contribution in [3.8, 4) is 16.9 Å². The molecule has 1 unspecified atom stereocenters. The highest BCUT2D eigenvalue weighted by molar-refractivity contribution is 7.18. The zero-order valence-corrected chi connectivity index (χ0v) is 26.5. The number of hydrogen-bond acceptors (Lipinski definition) is 9. The summed E-state index contributed by atoms with van der Waals surface area (Å²) in [6.45, 7) is 5.99. The molecule has 0 amide bonds. The number of carboxylic acid groups (broad SMARTS) is 1. The predicted molar refractivity (Wildman–Crippen MR) is 172 cm³/mol. The molecule has 4 aromatic heterocycles. The number of pyridine rings is 1. The van der Waals surface area contributed by atoms with Crippen molar-refractivity contribution < 1.29 is 14.6 Å². The van der Waals surface area contributed by atoms with E-state index in [0.29, 0.717) is 40.8 Å². The first-order chi connectivity index (χ1) is 21.8. The quantitative estimate of drug-likeness (QED) is 0.253. The van der Waals surface area contributed by atoms with Gasteiger partial charge in [0.05, 0.1) is 28.0 Å². The molecule has 0 spiro atoms. The SMILES string of the molecule is Cc1cc(-c2cc(Cl)ccc2OCCn2c(C)nc3c(c2=O)CC(N2CCc4ncncc4C2)CC3)c2scc(C(=O)O)c2n1. The maximum Gasteiger partial charge on any atom is 0.338 e. The Hall–Kier alpha value is -4.19. The molecule has 0 fully saturated rings. The van der Waals surface area contributed by atoms with Gasteiger partial charge in [0.1, 0.15) is 24.5 Å². The number of nitrogens with zero attached hydrogens (tertiary/aromatic N) is 6. The maximum atomic E-state index is 13.8. The monoisotopic (exact) mass is 642 g/mol. The number of aromatic nitrogens is 5. The summed E-state index contributed by atoms with van der Waals surface area (Å²) in [4.78, 5) is 46.1. The topological polar surface area (TPSA) is 123 Å². The van der Waals surface area contributed by atoms with Crippen LogP contribution in [0.15, 0.2) is 47.0 Å². The van der Waals surface area contributed by atoms with Crippen LogP contribution in [0.2, 0.25) is 5.02 Å². The van der Waals surface area contributed by atoms with Gasteiger partial charge in [-0.1, -0.05) is 11.6 Å². The Balaban J connectivity index is 1.12. The summed E-state index contributed by atoms with van der Waals surface area (Å²) in [7, 11) is 0. The van der Waals surface area contributed by atoms with Gasteiger partial charge in [0.2, 0.25) is 0 Å². The van der Waals surface area contributed by atoms with Gasteiger partial charge < -0.3 is 9.84 Å². The van der Waals surface area contributed by atoms with Crippen LogP contribution in [0.25, 0.3) is 21.3 Å². The molecule has 5 aromatic rings. The van der Waals surface area contributed by atoms with Crippen molar-refractivity contribution in [2.24, 2.45) is 0 Å². The van der Waals surface area contributed by atoms with Crippen molar-refractivity contribution in [2.75, 3.05) is 13.2 Å². The number of carboxylic acids is 1. The largest absolute Gasteiger partial charge is 0.491 e. The Kier molecular flexibility index (Phi) is 7.84. The average molecular weight is 643 g/mol. The lowest BCUT2D eigenvalue weighted by molar-refractivity contribution is 0.0699. The molecule has 230 valence electrons. The summed E-state index contributed by atoms with van der Waals surface area (Å²) in [5.74, 6) is 0.240. The number of rotatable bonds is 7. The summed E-state index contributed by atoms with van der Waals surface area (Å²) in [6, 6.07) is 7.55. The van der Waals surface area contributed by atoms with Gasteiger partial charge in [0.15, 0.2) is 0 Å². The van der Waals surface area contributed by atoms with E-state index in [1.165, 1.54) is 11.3 Å². The van der Waals surface area contributed by atoms with E-state index in [0.717, 1.165) is 70.7 Å². The van der Waals surface area contributed by atoms with Crippen LogP contribution in [0.3, 0.4) is 0 Å². The zero-order chi connectivity index (χ0) is 31.2. The maximum absolute atomic E-state index is 13.8. The van der Waals surface area contributed by atoms with Gasteiger partial charge in [-0.05, 0) is 57.4 Å². The average Bonchev–Trinajstić information content (AvgIpc) is 3.46. The Bertz CT molecular complexity index is 2030. The molecule has 5 heterocycles. The molecule has 0 saturated heterocycles. The molecule has 45 heavy (non-hydrogen) atoms. The molecule has 0 radical (unpaired) electrons. The first-order valence-corrected chi connectivity index (χ1v) is 16.2. The summed E-state index contributed by atoms with van der Waals surface area (Å²) in [5, 5.41) is 11.8. The third-order valence-electron chi connectivity index (χ3n) is 8.79. The van der Waals surface area contributed by atoms with Crippen LogP contribution >= 0.6 is 22.9 Å². The predicted octanol–water partition coefficient (Wildman–Crippen LogP) is 5.27. The van der Waals surface area contributed by atoms with Gasteiger partial charge in [-0.25, -0.2) is 19.7 Å². The number of aryl methyl sites for hydroxylation is 3. The van der Waals surface area contributed by atoms with Crippen LogP contribution in [0, 0.1) is 13.8 Å². The lowest BCUT2D eigenvalue weighted by Gasteiger charge is -2.37. The number of fused-ring (bicyclic) bond motifs is 3. The minimum atomic E-state index is -1.02. The van der Waals surface area contributed by atoms with E-state index in [1.807, 2.05) is 32.2 Å². The van der Waals surface area contributed by atoms with Crippen LogP contribution in [0.1, 0.15) is 50.8 Å². The van der Waals surface area contributed by atoms with Gasteiger partial charge in [-0.3, -0.25) is 19.2 Å². The normalized spacial score (nSPS) is 16.4. The second-order valence-corrected chi connectivity index (χ2v) is 12.9. The van der Waals surface area contributed by atoms with Crippen LogP contribution in [-0.2, 0) is 32.4 Å². The summed E-state index contributed by atoms with van der Waals surface area (Å²) >= 11 is 7.75. The van der Waals surface area contributed by atoms with E-state index in [1.54, 1.807) is 28.4 Å². The minimum absolute atomic E-state index is 0.00544. The molecule has 1 aromatic carbocycles. The van der Waals surface area contributed by atoms with Crippen LogP contribution in [-0.4, -0.2) is 59.7 Å². The summed E-state index contributed by atoms with van der Waals surface area (Å²) < 4.78 is 8.76. The van der Waals surface area contributed by atoms with Crippen molar-refractivity contribution in [2.45, 2.75) is 58.7 Å². The van der Waals surface area contributed by atoms with Crippen molar-refractivity contribution in [3.63, 3.8) is 0 Å². The molecule has 1 aliphatic heterocycles. The fraction of sp³-hybridized carbons (Fsp3) is 0.333. The molecule has 12 heteroatoms. The summed E-state index contributed by atoms with van der Waals surface area (Å²) in [6.07, 6.45) is 6.82. The Labute approximate surface area is 268 Å². The van der Waals surface area contributed by atoms with E-state index < -0.39 is 5.97 Å². The zero-order valence-electron chi connectivity index (χ0n) is 24.9. The number of carbonyl (C=O) groups is 1. The third-order valence-corrected chi connectivity index (χ3v) is 10.0. The van der Waals surface area contributed by atoms with E-state index in [9.17, 15) is 14.7 Å². The number of thiophene rings is 1. The molecule has 1 atom stereocenters. The van der Waals surface area contributed by atoms with E-state index in [2.05, 4.69) is 19.9 Å². The van der Waals surface area contributed by atoms with Gasteiger partial charge in [0.25, 0.3) is 5.56 Å². The van der Waals surface area contributed by atoms with Crippen LogP contribution in [0.4, 0.5) is 0 Å². The van der Waals surface area contributed by atoms with Crippen molar-refractivity contribution in [1.29, 1.82) is 0 Å². The highest BCUT2D eigenvalue weighted by Gasteiger charge is 2.30. The lowest BCUT2D eigenvalue weighted by Crippen LogP contribution is -2.45. The third kappa shape index (κ3) is 5.60. The van der Waals surface area contributed by atoms with Gasteiger partial charge >= 0.3 is 5.97 Å². The Morgan fingerprint density at radius 2 is 2.02 bits per heavy atom. The number of benzene rings is 1. The van der Waals surface area contributed by atoms with Crippen LogP contribution < -0.4 is 10.3 Å². The van der Waals surface area contributed by atoms with Gasteiger partial charge in [-0.2, -0.15) is 0 Å². The molecule has 1 aliphatic carbocycles. The lowest BCUT2D eigenvalue weighted by atomic mass is 9.90. The smallest absolute Gasteiger partial charge is 0.338 e. The van der Waals surface area contributed by atoms with Gasteiger partial charge in [-0.15, -0.1) is 11.3 Å². The highest BCUT2D eigenvalue weighted by atomic mass is 35.5. The van der Waals surface area contributed by atoms with E-state index in [4.69, 9.17) is 21.3 Å². The summed E-state index contributed by atoms with van der Waals surface area (Å²) in [5.41, 5.74) is 6.80. The Morgan fingerprint density at radius 3 is 2.87 bits per heavy atom. The second-order valence-electron chi connectivity index (χ2n) is 11.6. The Morgan fingerprint density at radius 1 is 1.16 bits per heavy atom. The molecular formula is C33H31ClN6O4S. The molecular weight excluding hydrogens is 612 g/mol. The molecule has 2 aliphatic rings. The first kappa shape index (κ1) is 29.5. The van der Waals surface area contributed by atoms with Gasteiger partial charge in [0, 0.05) is 75.8 Å². The molecule has 10 nitrogen and oxygen atoms in total. The highest BCUT2D eigenvalue weighted by Crippen LogP contribution is 2.40. The molecule has 1 N–H and O–H groups in total. The molecule has 7 rings (SSSR count). The number of halogens is 1. The standard InChI is InChI=1S/C33H31ClN6O4S/c1-18-11-24(31-30(37-18)26(16-45-31)33(42)43)23-12-21(34)3-6-29(23)44-10-9-40-19(2)38-28-5-4-22(13-25(28)32(40)41)39-8-7-27-20(15-39)14-35-17-36-27/h3,6,11-12,14,16-17,22H,4-5,7-10,13,15H2,1-2H3,(H,42,43). The first-order valence-electron chi connectivity index (χ1n) is 14.9. The van der Waals surface area contributed by atoms with Crippen molar-refractivity contribution in [1.82, 2.24) is 29.4 Å². The fourth-order valence-corrected chi connectivity index (χ4v) is 7.74. The molecule has 0 bridgehead atoms. The fourth-order valence-electron chi connectivity index (χ4n) is 6.56. The van der Waals surface area contributed by atoms with Crippen molar-refractivity contribution in [3.05, 3.63) is 97.1 Å². The van der Waals surface area contributed by atoms with Crippen LogP contribution in [0.5, 0.6) is 5.75 Å². The number of hydrogen-bond donors (Lipinski definition) is 1. The van der Waals surface area contributed by atoms with E-state index >= 15 is 0 Å². The second kappa shape index (κ2) is 12.0. The molecule has 0 saturated carbocycles. The minimum Gasteiger partial charge on any atom is -0.491 e.